The molecule has 0 spiro atoms. The number of nitrogens with one attached hydrogen (secondary N) is 1. The van der Waals surface area contributed by atoms with Crippen LogP contribution in [0.25, 0.3) is 0 Å². The molecule has 8 heteroatoms. The summed E-state index contributed by atoms with van der Waals surface area (Å²) in [4.78, 5) is 28.1. The first-order valence-electron chi connectivity index (χ1n) is 9.33. The van der Waals surface area contributed by atoms with Crippen LogP contribution < -0.4 is 10.1 Å². The lowest BCUT2D eigenvalue weighted by Gasteiger charge is -2.11. The average molecular weight is 428 g/mol. The normalized spacial score (nSPS) is 11.1. The lowest BCUT2D eigenvalue weighted by molar-refractivity contribution is -0.137. The number of hydrogen-bond acceptors (Lipinski definition) is 4. The maximum Gasteiger partial charge on any atom is 0.416 e. The molecule has 1 heterocycles. The minimum atomic E-state index is -4.51. The molecule has 0 saturated carbocycles. The number of hydrogen-bond donors (Lipinski definition) is 1. The zero-order chi connectivity index (χ0) is 22.6. The van der Waals surface area contributed by atoms with Gasteiger partial charge in [0.05, 0.1) is 5.56 Å². The average Bonchev–Trinajstić information content (AvgIpc) is 2.73. The molecule has 0 radical (unpaired) electrons. The van der Waals surface area contributed by atoms with E-state index in [0.717, 1.165) is 12.1 Å². The molecule has 31 heavy (non-hydrogen) atoms. The summed E-state index contributed by atoms with van der Waals surface area (Å²) >= 11 is 0. The number of carbonyl (C=O) groups excluding carboxylic acids is 2. The third-order valence-corrected chi connectivity index (χ3v) is 4.44. The second-order valence-corrected chi connectivity index (χ2v) is 6.89. The summed E-state index contributed by atoms with van der Waals surface area (Å²) in [5.41, 5.74) is 0.390. The Morgan fingerprint density at radius 1 is 1.00 bits per heavy atom. The fourth-order valence-corrected chi connectivity index (χ4v) is 2.93. The number of nitrogens with zero attached hydrogens (tertiary/aromatic N) is 1. The Labute approximate surface area is 176 Å². The highest BCUT2D eigenvalue weighted by molar-refractivity contribution is 5.98. The summed E-state index contributed by atoms with van der Waals surface area (Å²) < 4.78 is 44.7. The standard InChI is InChI=1S/C23H19F3N2O3/c1-14-9-16(12-17(10-14)23(24,25)26)21(29)11-15-3-5-18(6-4-15)31-19-7-8-28-20(13-19)22(30)27-2/h3-10,12-13H,11H2,1-2H3,(H,27,30). The SMILES string of the molecule is CNC(=O)c1cc(Oc2ccc(CC(=O)c3cc(C)cc(C(F)(F)F)c3)cc2)ccn1. The molecular weight excluding hydrogens is 409 g/mol. The molecule has 3 aromatic rings. The summed E-state index contributed by atoms with van der Waals surface area (Å²) in [6.07, 6.45) is -3.11. The number of aryl methyl sites for hydroxylation is 1. The van der Waals surface area contributed by atoms with E-state index in [-0.39, 0.29) is 23.6 Å². The van der Waals surface area contributed by atoms with Gasteiger partial charge >= 0.3 is 6.18 Å². The monoisotopic (exact) mass is 428 g/mol. The van der Waals surface area contributed by atoms with Crippen molar-refractivity contribution in [2.75, 3.05) is 7.05 Å². The van der Waals surface area contributed by atoms with Crippen molar-refractivity contribution in [3.63, 3.8) is 0 Å². The molecule has 1 amide bonds. The van der Waals surface area contributed by atoms with Crippen LogP contribution in [0.5, 0.6) is 11.5 Å². The molecule has 160 valence electrons. The third-order valence-electron chi connectivity index (χ3n) is 4.44. The summed E-state index contributed by atoms with van der Waals surface area (Å²) in [7, 11) is 1.50. The van der Waals surface area contributed by atoms with Crippen LogP contribution in [0.2, 0.25) is 0 Å². The molecule has 0 fully saturated rings. The van der Waals surface area contributed by atoms with E-state index < -0.39 is 17.5 Å². The minimum absolute atomic E-state index is 0.0196. The number of carbonyl (C=O) groups is 2. The zero-order valence-electron chi connectivity index (χ0n) is 16.8. The number of ether oxygens (including phenoxy) is 1. The Bertz CT molecular complexity index is 1110. The fourth-order valence-electron chi connectivity index (χ4n) is 2.93. The molecule has 0 atom stereocenters. The summed E-state index contributed by atoms with van der Waals surface area (Å²) in [5, 5.41) is 2.48. The van der Waals surface area contributed by atoms with Crippen molar-refractivity contribution < 1.29 is 27.5 Å². The van der Waals surface area contributed by atoms with Gasteiger partial charge in [-0.25, -0.2) is 0 Å². The maximum atomic E-state index is 13.0. The molecule has 5 nitrogen and oxygen atoms in total. The topological polar surface area (TPSA) is 68.3 Å². The largest absolute Gasteiger partial charge is 0.457 e. The molecule has 1 N–H and O–H groups in total. The molecule has 0 aliphatic carbocycles. The summed E-state index contributed by atoms with van der Waals surface area (Å²) in [6.45, 7) is 1.52. The van der Waals surface area contributed by atoms with Crippen LogP contribution in [0, 0.1) is 6.92 Å². The first-order valence-corrected chi connectivity index (χ1v) is 9.33. The third kappa shape index (κ3) is 5.69. The smallest absolute Gasteiger partial charge is 0.416 e. The number of aromatic nitrogens is 1. The van der Waals surface area contributed by atoms with Gasteiger partial charge in [0.1, 0.15) is 17.2 Å². The van der Waals surface area contributed by atoms with E-state index in [2.05, 4.69) is 10.3 Å². The van der Waals surface area contributed by atoms with Gasteiger partial charge in [0.25, 0.3) is 5.91 Å². The van der Waals surface area contributed by atoms with Gasteiger partial charge in [0.15, 0.2) is 5.78 Å². The van der Waals surface area contributed by atoms with E-state index in [1.165, 1.54) is 32.3 Å². The first-order chi connectivity index (χ1) is 14.7. The van der Waals surface area contributed by atoms with E-state index >= 15 is 0 Å². The quantitative estimate of drug-likeness (QED) is 0.562. The molecule has 1 aromatic heterocycles. The highest BCUT2D eigenvalue weighted by Crippen LogP contribution is 2.31. The van der Waals surface area contributed by atoms with Crippen LogP contribution in [0.15, 0.2) is 60.8 Å². The van der Waals surface area contributed by atoms with Crippen molar-refractivity contribution in [1.29, 1.82) is 0 Å². The number of halogens is 3. The van der Waals surface area contributed by atoms with Crippen LogP contribution in [-0.4, -0.2) is 23.7 Å². The Morgan fingerprint density at radius 2 is 1.71 bits per heavy atom. The summed E-state index contributed by atoms with van der Waals surface area (Å²) in [6, 6.07) is 13.0. The van der Waals surface area contributed by atoms with Gasteiger partial charge in [-0.15, -0.1) is 0 Å². The molecule has 0 unspecified atom stereocenters. The second kappa shape index (κ2) is 8.99. The maximum absolute atomic E-state index is 13.0. The Morgan fingerprint density at radius 3 is 2.35 bits per heavy atom. The van der Waals surface area contributed by atoms with Crippen LogP contribution in [0.3, 0.4) is 0 Å². The highest BCUT2D eigenvalue weighted by Gasteiger charge is 2.31. The number of ketones is 1. The van der Waals surface area contributed by atoms with E-state index in [0.29, 0.717) is 22.6 Å². The minimum Gasteiger partial charge on any atom is -0.457 e. The lowest BCUT2D eigenvalue weighted by atomic mass is 9.99. The van der Waals surface area contributed by atoms with Crippen molar-refractivity contribution in [2.24, 2.45) is 0 Å². The molecule has 3 rings (SSSR count). The van der Waals surface area contributed by atoms with Gasteiger partial charge in [0, 0.05) is 31.3 Å². The van der Waals surface area contributed by atoms with E-state index in [9.17, 15) is 22.8 Å². The predicted molar refractivity (Wildman–Crippen MR) is 108 cm³/mol. The number of benzene rings is 2. The lowest BCUT2D eigenvalue weighted by Crippen LogP contribution is -2.18. The zero-order valence-corrected chi connectivity index (χ0v) is 16.8. The Balaban J connectivity index is 1.71. The van der Waals surface area contributed by atoms with Crippen LogP contribution >= 0.6 is 0 Å². The molecule has 0 aliphatic heterocycles. The number of pyridine rings is 1. The number of Topliss-reactive ketones (excluding diaryl/α,β-unsaturated/α-hetero) is 1. The molecule has 0 aliphatic rings. The summed E-state index contributed by atoms with van der Waals surface area (Å²) in [5.74, 6) is 0.133. The van der Waals surface area contributed by atoms with Gasteiger partial charge in [-0.2, -0.15) is 13.2 Å². The van der Waals surface area contributed by atoms with Crippen LogP contribution in [0.1, 0.15) is 37.5 Å². The van der Waals surface area contributed by atoms with E-state index in [1.54, 1.807) is 30.3 Å². The van der Waals surface area contributed by atoms with Crippen molar-refractivity contribution >= 4 is 11.7 Å². The van der Waals surface area contributed by atoms with Crippen molar-refractivity contribution in [1.82, 2.24) is 10.3 Å². The van der Waals surface area contributed by atoms with Gasteiger partial charge in [0.2, 0.25) is 0 Å². The molecule has 0 bridgehead atoms. The van der Waals surface area contributed by atoms with E-state index in [1.807, 2.05) is 0 Å². The van der Waals surface area contributed by atoms with Gasteiger partial charge in [-0.3, -0.25) is 14.6 Å². The second-order valence-electron chi connectivity index (χ2n) is 6.89. The number of rotatable bonds is 6. The highest BCUT2D eigenvalue weighted by atomic mass is 19.4. The van der Waals surface area contributed by atoms with Crippen LogP contribution in [-0.2, 0) is 12.6 Å². The van der Waals surface area contributed by atoms with Crippen molar-refractivity contribution in [2.45, 2.75) is 19.5 Å². The van der Waals surface area contributed by atoms with Crippen molar-refractivity contribution in [3.8, 4) is 11.5 Å². The van der Waals surface area contributed by atoms with E-state index in [4.69, 9.17) is 4.74 Å². The molecular formula is C23H19F3N2O3. The van der Waals surface area contributed by atoms with Crippen molar-refractivity contribution in [3.05, 3.63) is 88.7 Å². The van der Waals surface area contributed by atoms with Crippen LogP contribution in [0.4, 0.5) is 13.2 Å². The fraction of sp³-hybridized carbons (Fsp3) is 0.174. The number of alkyl halides is 3. The first kappa shape index (κ1) is 22.0. The van der Waals surface area contributed by atoms with Gasteiger partial charge in [-0.1, -0.05) is 12.1 Å². The number of amides is 1. The van der Waals surface area contributed by atoms with Gasteiger partial charge in [-0.05, 0) is 54.4 Å². The molecule has 2 aromatic carbocycles. The predicted octanol–water partition coefficient (Wildman–Crippen LogP) is 4.99. The Kier molecular flexibility index (Phi) is 6.39. The van der Waals surface area contributed by atoms with Gasteiger partial charge < -0.3 is 10.1 Å². The Hall–Kier alpha value is -3.68. The molecule has 0 saturated heterocycles.